The van der Waals surface area contributed by atoms with Gasteiger partial charge in [0.1, 0.15) is 18.9 Å². The number of para-hydroxylation sites is 2. The molecule has 4 aromatic rings. The largest absolute Gasteiger partial charge is 0.488 e. The quantitative estimate of drug-likeness (QED) is 0.241. The van der Waals surface area contributed by atoms with Crippen LogP contribution in [0.4, 0.5) is 5.69 Å². The van der Waals surface area contributed by atoms with Gasteiger partial charge in [-0.25, -0.2) is 13.8 Å². The van der Waals surface area contributed by atoms with Gasteiger partial charge in [-0.2, -0.15) is 5.10 Å². The van der Waals surface area contributed by atoms with Crippen LogP contribution >= 0.6 is 0 Å². The number of hydrazone groups is 1. The molecule has 0 aliphatic heterocycles. The maximum atomic E-state index is 13.4. The number of nitrogens with zero attached hydrogens (tertiary/aromatic N) is 2. The standard InChI is InChI=1S/C29H27N3O4S/c1-23-16-18-27(19-17-23)37(34,35)32(26-13-6-3-7-14-26)21-29(33)31-30-20-25-12-8-9-15-28(25)36-22-24-10-4-2-5-11-24/h2-20H,21-22H2,1H3,(H,31,33)/b30-20-. The Morgan fingerprint density at radius 1 is 0.865 bits per heavy atom. The molecule has 1 N–H and O–H groups in total. The number of hydrogen-bond acceptors (Lipinski definition) is 5. The smallest absolute Gasteiger partial charge is 0.264 e. The van der Waals surface area contributed by atoms with Crippen LogP contribution in [-0.4, -0.2) is 27.1 Å². The monoisotopic (exact) mass is 513 g/mol. The maximum absolute atomic E-state index is 13.4. The summed E-state index contributed by atoms with van der Waals surface area (Å²) in [6, 6.07) is 32.1. The highest BCUT2D eigenvalue weighted by Crippen LogP contribution is 2.23. The normalized spacial score (nSPS) is 11.3. The minimum absolute atomic E-state index is 0.0998. The molecule has 0 heterocycles. The van der Waals surface area contributed by atoms with Crippen LogP contribution in [0.5, 0.6) is 5.75 Å². The number of amides is 1. The molecule has 0 fully saturated rings. The summed E-state index contributed by atoms with van der Waals surface area (Å²) < 4.78 is 33.8. The molecular weight excluding hydrogens is 486 g/mol. The summed E-state index contributed by atoms with van der Waals surface area (Å²) in [4.78, 5) is 12.9. The van der Waals surface area contributed by atoms with Gasteiger partial charge in [0, 0.05) is 5.56 Å². The van der Waals surface area contributed by atoms with E-state index in [1.807, 2.05) is 61.5 Å². The molecule has 0 radical (unpaired) electrons. The maximum Gasteiger partial charge on any atom is 0.264 e. The molecule has 1 amide bonds. The first-order valence-electron chi connectivity index (χ1n) is 11.7. The zero-order chi connectivity index (χ0) is 26.1. The highest BCUT2D eigenvalue weighted by atomic mass is 32.2. The summed E-state index contributed by atoms with van der Waals surface area (Å²) in [6.07, 6.45) is 1.47. The number of carbonyl (C=O) groups excluding carboxylic acids is 1. The third-order valence-corrected chi connectivity index (χ3v) is 7.28. The molecule has 37 heavy (non-hydrogen) atoms. The van der Waals surface area contributed by atoms with Gasteiger partial charge in [-0.1, -0.05) is 78.4 Å². The number of anilines is 1. The lowest BCUT2D eigenvalue weighted by atomic mass is 10.2. The van der Waals surface area contributed by atoms with E-state index in [1.54, 1.807) is 42.5 Å². The second-order valence-corrected chi connectivity index (χ2v) is 10.1. The Morgan fingerprint density at radius 2 is 1.49 bits per heavy atom. The first-order valence-corrected chi connectivity index (χ1v) is 13.1. The van der Waals surface area contributed by atoms with E-state index in [0.29, 0.717) is 23.6 Å². The van der Waals surface area contributed by atoms with E-state index in [0.717, 1.165) is 15.4 Å². The van der Waals surface area contributed by atoms with Crippen molar-refractivity contribution in [3.8, 4) is 5.75 Å². The highest BCUT2D eigenvalue weighted by molar-refractivity contribution is 7.92. The third-order valence-electron chi connectivity index (χ3n) is 5.49. The van der Waals surface area contributed by atoms with Gasteiger partial charge in [0.05, 0.1) is 16.8 Å². The lowest BCUT2D eigenvalue weighted by Crippen LogP contribution is -2.39. The minimum atomic E-state index is -3.98. The molecule has 4 aromatic carbocycles. The zero-order valence-electron chi connectivity index (χ0n) is 20.3. The van der Waals surface area contributed by atoms with E-state index in [2.05, 4.69) is 10.5 Å². The van der Waals surface area contributed by atoms with Crippen molar-refractivity contribution in [1.82, 2.24) is 5.43 Å². The molecule has 0 aromatic heterocycles. The molecule has 7 nitrogen and oxygen atoms in total. The van der Waals surface area contributed by atoms with Gasteiger partial charge < -0.3 is 4.74 Å². The molecule has 188 valence electrons. The highest BCUT2D eigenvalue weighted by Gasteiger charge is 2.27. The summed E-state index contributed by atoms with van der Waals surface area (Å²) in [5.41, 5.74) is 5.44. The van der Waals surface area contributed by atoms with Gasteiger partial charge in [0.25, 0.3) is 15.9 Å². The van der Waals surface area contributed by atoms with Gasteiger partial charge in [0.15, 0.2) is 0 Å². The Balaban J connectivity index is 1.47. The van der Waals surface area contributed by atoms with Gasteiger partial charge in [-0.05, 0) is 48.9 Å². The Hall–Kier alpha value is -4.43. The minimum Gasteiger partial charge on any atom is -0.488 e. The van der Waals surface area contributed by atoms with Gasteiger partial charge in [-0.15, -0.1) is 0 Å². The van der Waals surface area contributed by atoms with Crippen LogP contribution in [-0.2, 0) is 21.4 Å². The number of sulfonamides is 1. The van der Waals surface area contributed by atoms with Crippen LogP contribution < -0.4 is 14.5 Å². The summed E-state index contributed by atoms with van der Waals surface area (Å²) in [6.45, 7) is 1.83. The van der Waals surface area contributed by atoms with E-state index in [1.165, 1.54) is 18.3 Å². The number of benzene rings is 4. The van der Waals surface area contributed by atoms with Crippen molar-refractivity contribution in [3.05, 3.63) is 126 Å². The fourth-order valence-electron chi connectivity index (χ4n) is 3.54. The fraction of sp³-hybridized carbons (Fsp3) is 0.103. The molecule has 0 bridgehead atoms. The van der Waals surface area contributed by atoms with Crippen LogP contribution in [0, 0.1) is 6.92 Å². The average molecular weight is 514 g/mol. The zero-order valence-corrected chi connectivity index (χ0v) is 21.1. The molecule has 0 unspecified atom stereocenters. The van der Waals surface area contributed by atoms with E-state index >= 15 is 0 Å². The van der Waals surface area contributed by atoms with Gasteiger partial charge >= 0.3 is 0 Å². The number of aryl methyl sites for hydroxylation is 1. The second kappa shape index (κ2) is 12.0. The Labute approximate surface area is 217 Å². The molecule has 0 saturated carbocycles. The van der Waals surface area contributed by atoms with E-state index in [4.69, 9.17) is 4.74 Å². The summed E-state index contributed by atoms with van der Waals surface area (Å²) in [5, 5.41) is 4.04. The summed E-state index contributed by atoms with van der Waals surface area (Å²) >= 11 is 0. The average Bonchev–Trinajstić information content (AvgIpc) is 2.92. The van der Waals surface area contributed by atoms with Crippen molar-refractivity contribution in [3.63, 3.8) is 0 Å². The van der Waals surface area contributed by atoms with Crippen LogP contribution in [0.15, 0.2) is 119 Å². The molecular formula is C29H27N3O4S. The summed E-state index contributed by atoms with van der Waals surface area (Å²) in [7, 11) is -3.98. The molecule has 0 saturated heterocycles. The van der Waals surface area contributed by atoms with Crippen LogP contribution in [0.3, 0.4) is 0 Å². The Bertz CT molecular complexity index is 1460. The van der Waals surface area contributed by atoms with Crippen molar-refractivity contribution in [2.24, 2.45) is 5.10 Å². The molecule has 0 aliphatic carbocycles. The lowest BCUT2D eigenvalue weighted by molar-refractivity contribution is -0.119. The van der Waals surface area contributed by atoms with Crippen molar-refractivity contribution >= 4 is 27.8 Å². The van der Waals surface area contributed by atoms with Gasteiger partial charge in [-0.3, -0.25) is 9.10 Å². The Kier molecular flexibility index (Phi) is 8.33. The number of ether oxygens (including phenoxy) is 1. The third kappa shape index (κ3) is 6.83. The first-order chi connectivity index (χ1) is 17.9. The fourth-order valence-corrected chi connectivity index (χ4v) is 4.96. The molecule has 0 spiro atoms. The van der Waals surface area contributed by atoms with Gasteiger partial charge in [0.2, 0.25) is 0 Å². The Morgan fingerprint density at radius 3 is 2.19 bits per heavy atom. The number of nitrogens with one attached hydrogen (secondary N) is 1. The molecule has 4 rings (SSSR count). The van der Waals surface area contributed by atoms with Crippen molar-refractivity contribution < 1.29 is 17.9 Å². The van der Waals surface area contributed by atoms with Crippen molar-refractivity contribution in [2.75, 3.05) is 10.8 Å². The lowest BCUT2D eigenvalue weighted by Gasteiger charge is -2.23. The van der Waals surface area contributed by atoms with E-state index in [9.17, 15) is 13.2 Å². The topological polar surface area (TPSA) is 88.1 Å². The van der Waals surface area contributed by atoms with Crippen molar-refractivity contribution in [1.29, 1.82) is 0 Å². The molecule has 8 heteroatoms. The SMILES string of the molecule is Cc1ccc(S(=O)(=O)N(CC(=O)N/N=C\c2ccccc2OCc2ccccc2)c2ccccc2)cc1. The van der Waals surface area contributed by atoms with Crippen molar-refractivity contribution in [2.45, 2.75) is 18.4 Å². The predicted octanol–water partition coefficient (Wildman–Crippen LogP) is 4.92. The second-order valence-electron chi connectivity index (χ2n) is 8.27. The summed E-state index contributed by atoms with van der Waals surface area (Å²) in [5.74, 6) is 0.0238. The van der Waals surface area contributed by atoms with Crippen LogP contribution in [0.1, 0.15) is 16.7 Å². The van der Waals surface area contributed by atoms with E-state index in [-0.39, 0.29) is 4.90 Å². The number of carbonyl (C=O) groups is 1. The van der Waals surface area contributed by atoms with Crippen LogP contribution in [0.2, 0.25) is 0 Å². The first kappa shape index (κ1) is 25.7. The predicted molar refractivity (Wildman–Crippen MR) is 145 cm³/mol. The molecule has 0 aliphatic rings. The number of hydrogen-bond donors (Lipinski definition) is 1. The van der Waals surface area contributed by atoms with E-state index < -0.39 is 22.5 Å². The van der Waals surface area contributed by atoms with Crippen LogP contribution in [0.25, 0.3) is 0 Å². The number of rotatable bonds is 10. The molecule has 0 atom stereocenters.